The minimum Gasteiger partial charge on any atom is -0.393 e. The van der Waals surface area contributed by atoms with E-state index < -0.39 is 0 Å². The Kier molecular flexibility index (Phi) is 3.55. The minimum absolute atomic E-state index is 0.0852. The lowest BCUT2D eigenvalue weighted by Gasteiger charge is -2.62. The van der Waals surface area contributed by atoms with Gasteiger partial charge in [0.05, 0.1) is 6.10 Å². The molecule has 0 radical (unpaired) electrons. The highest BCUT2D eigenvalue weighted by atomic mass is 16.3. The second-order valence-electron chi connectivity index (χ2n) is 10.1. The third kappa shape index (κ3) is 2.06. The van der Waals surface area contributed by atoms with Gasteiger partial charge in [-0.1, -0.05) is 27.7 Å². The number of aliphatic hydroxyl groups excluding tert-OH is 1. The number of carbonyl (C=O) groups excluding carboxylic acids is 1. The van der Waals surface area contributed by atoms with Gasteiger partial charge in [-0.3, -0.25) is 4.79 Å². The lowest BCUT2D eigenvalue weighted by Crippen LogP contribution is -2.57. The molecule has 0 spiro atoms. The van der Waals surface area contributed by atoms with E-state index >= 15 is 0 Å². The van der Waals surface area contributed by atoms with Gasteiger partial charge in [-0.2, -0.15) is 0 Å². The molecule has 4 fully saturated rings. The molecule has 0 unspecified atom stereocenters. The van der Waals surface area contributed by atoms with E-state index in [4.69, 9.17) is 0 Å². The van der Waals surface area contributed by atoms with Crippen molar-refractivity contribution in [3.63, 3.8) is 0 Å². The van der Waals surface area contributed by atoms with E-state index in [0.29, 0.717) is 29.0 Å². The topological polar surface area (TPSA) is 37.3 Å². The van der Waals surface area contributed by atoms with Gasteiger partial charge in [0, 0.05) is 12.3 Å². The van der Waals surface area contributed by atoms with Crippen LogP contribution < -0.4 is 0 Å². The summed E-state index contributed by atoms with van der Waals surface area (Å²) in [5, 5.41) is 10.6. The summed E-state index contributed by atoms with van der Waals surface area (Å²) in [6, 6.07) is 0. The van der Waals surface area contributed by atoms with Gasteiger partial charge in [-0.05, 0) is 78.9 Å². The van der Waals surface area contributed by atoms with Gasteiger partial charge in [-0.25, -0.2) is 0 Å². The Morgan fingerprint density at radius 1 is 1.04 bits per heavy atom. The fourth-order valence-corrected chi connectivity index (χ4v) is 7.76. The average molecular weight is 319 g/mol. The maximum atomic E-state index is 12.3. The first-order valence-corrected chi connectivity index (χ1v) is 9.98. The van der Waals surface area contributed by atoms with E-state index in [9.17, 15) is 9.90 Å². The maximum absolute atomic E-state index is 12.3. The number of rotatable bonds is 0. The molecule has 0 aliphatic heterocycles. The van der Waals surface area contributed by atoms with Gasteiger partial charge < -0.3 is 5.11 Å². The van der Waals surface area contributed by atoms with Crippen molar-refractivity contribution >= 4 is 5.78 Å². The van der Waals surface area contributed by atoms with Gasteiger partial charge >= 0.3 is 0 Å². The first-order chi connectivity index (χ1) is 10.8. The van der Waals surface area contributed by atoms with Crippen LogP contribution in [0, 0.1) is 46.3 Å². The summed E-state index contributed by atoms with van der Waals surface area (Å²) in [5.41, 5.74) is 0.522. The lowest BCUT2D eigenvalue weighted by atomic mass is 9.42. The number of aliphatic hydroxyl groups is 1. The van der Waals surface area contributed by atoms with Crippen LogP contribution >= 0.6 is 0 Å². The van der Waals surface area contributed by atoms with Crippen LogP contribution in [-0.4, -0.2) is 17.0 Å². The van der Waals surface area contributed by atoms with Gasteiger partial charge in [0.25, 0.3) is 0 Å². The third-order valence-electron chi connectivity index (χ3n) is 9.12. The summed E-state index contributed by atoms with van der Waals surface area (Å²) in [6.07, 6.45) is 7.78. The summed E-state index contributed by atoms with van der Waals surface area (Å²) in [7, 11) is 0. The van der Waals surface area contributed by atoms with Crippen LogP contribution in [0.2, 0.25) is 0 Å². The summed E-state index contributed by atoms with van der Waals surface area (Å²) in [5.74, 6) is 4.34. The molecule has 0 aromatic carbocycles. The third-order valence-corrected chi connectivity index (χ3v) is 9.12. The Labute approximate surface area is 141 Å². The Morgan fingerprint density at radius 3 is 2.48 bits per heavy atom. The Morgan fingerprint density at radius 2 is 1.74 bits per heavy atom. The number of hydrogen-bond donors (Lipinski definition) is 1. The van der Waals surface area contributed by atoms with Gasteiger partial charge in [-0.15, -0.1) is 0 Å². The Balaban J connectivity index is 1.69. The zero-order valence-corrected chi connectivity index (χ0v) is 15.3. The normalized spacial score (nSPS) is 59.2. The summed E-state index contributed by atoms with van der Waals surface area (Å²) in [4.78, 5) is 12.3. The van der Waals surface area contributed by atoms with Gasteiger partial charge in [0.2, 0.25) is 0 Å². The van der Waals surface area contributed by atoms with Crippen molar-refractivity contribution in [3.8, 4) is 0 Å². The fraction of sp³-hybridized carbons (Fsp3) is 0.952. The van der Waals surface area contributed by atoms with Crippen molar-refractivity contribution in [3.05, 3.63) is 0 Å². The van der Waals surface area contributed by atoms with Gasteiger partial charge in [0.1, 0.15) is 5.78 Å². The molecule has 2 heteroatoms. The molecule has 4 rings (SSSR count). The molecular formula is C21H34O2. The van der Waals surface area contributed by atoms with Crippen LogP contribution in [0.1, 0.15) is 72.6 Å². The van der Waals surface area contributed by atoms with Crippen LogP contribution in [0.3, 0.4) is 0 Å². The molecule has 0 aromatic rings. The molecule has 130 valence electrons. The monoisotopic (exact) mass is 318 g/mol. The smallest absolute Gasteiger partial charge is 0.136 e. The predicted octanol–water partition coefficient (Wildman–Crippen LogP) is 4.45. The van der Waals surface area contributed by atoms with Crippen molar-refractivity contribution in [2.24, 2.45) is 46.3 Å². The SMILES string of the molecule is C[C@@H]1C[C@@]2(C)[C@@H](CC1=O)C[C@@H](C)[C@@H]1[C@@H]2CC[C@]2(C)[C@@H](O)CC[C@@H]12. The first-order valence-electron chi connectivity index (χ1n) is 9.98. The highest BCUT2D eigenvalue weighted by Gasteiger charge is 2.62. The second-order valence-corrected chi connectivity index (χ2v) is 10.1. The fourth-order valence-electron chi connectivity index (χ4n) is 7.76. The van der Waals surface area contributed by atoms with Crippen LogP contribution in [0.15, 0.2) is 0 Å². The van der Waals surface area contributed by atoms with E-state index in [1.807, 2.05) is 0 Å². The number of Topliss-reactive ketones (excluding diaryl/α,β-unsaturated/α-hetero) is 1. The van der Waals surface area contributed by atoms with E-state index in [1.165, 1.54) is 25.7 Å². The number of carbonyl (C=O) groups is 1. The molecule has 4 aliphatic carbocycles. The molecule has 0 saturated heterocycles. The molecule has 0 aromatic heterocycles. The maximum Gasteiger partial charge on any atom is 0.136 e. The Bertz CT molecular complexity index is 514. The summed E-state index contributed by atoms with van der Waals surface area (Å²) >= 11 is 0. The molecular weight excluding hydrogens is 284 g/mol. The lowest BCUT2D eigenvalue weighted by molar-refractivity contribution is -0.159. The van der Waals surface area contributed by atoms with Crippen molar-refractivity contribution in [2.75, 3.05) is 0 Å². The molecule has 0 amide bonds. The van der Waals surface area contributed by atoms with E-state index in [-0.39, 0.29) is 17.4 Å². The van der Waals surface area contributed by atoms with Crippen molar-refractivity contribution < 1.29 is 9.90 Å². The second kappa shape index (κ2) is 5.07. The van der Waals surface area contributed by atoms with E-state index in [2.05, 4.69) is 27.7 Å². The van der Waals surface area contributed by atoms with Crippen LogP contribution in [0.5, 0.6) is 0 Å². The van der Waals surface area contributed by atoms with Crippen LogP contribution in [0.25, 0.3) is 0 Å². The zero-order chi connectivity index (χ0) is 16.6. The molecule has 0 heterocycles. The number of fused-ring (bicyclic) bond motifs is 5. The van der Waals surface area contributed by atoms with Crippen molar-refractivity contribution in [2.45, 2.75) is 78.7 Å². The average Bonchev–Trinajstić information content (AvgIpc) is 2.78. The van der Waals surface area contributed by atoms with E-state index in [1.54, 1.807) is 0 Å². The molecule has 1 N–H and O–H groups in total. The highest BCUT2D eigenvalue weighted by molar-refractivity contribution is 5.82. The van der Waals surface area contributed by atoms with Gasteiger partial charge in [0.15, 0.2) is 0 Å². The Hall–Kier alpha value is -0.370. The standard InChI is InChI=1S/C21H34O2/c1-12-9-14-10-17(22)13(2)11-21(14,4)16-7-8-20(3)15(19(12)16)5-6-18(20)23/h12-16,18-19,23H,5-11H2,1-4H3/t12-,13-,14-,15+,16+,18+,19+,20+,21+/m1/s1. The molecule has 2 nitrogen and oxygen atoms in total. The largest absolute Gasteiger partial charge is 0.393 e. The highest BCUT2D eigenvalue weighted by Crippen LogP contribution is 2.67. The van der Waals surface area contributed by atoms with Crippen LogP contribution in [-0.2, 0) is 4.79 Å². The quantitative estimate of drug-likeness (QED) is 0.716. The zero-order valence-electron chi connectivity index (χ0n) is 15.3. The molecule has 4 saturated carbocycles. The van der Waals surface area contributed by atoms with Crippen molar-refractivity contribution in [1.82, 2.24) is 0 Å². The molecule has 0 bridgehead atoms. The first kappa shape index (κ1) is 16.1. The predicted molar refractivity (Wildman–Crippen MR) is 91.8 cm³/mol. The molecule has 4 aliphatic rings. The minimum atomic E-state index is -0.0852. The molecule has 9 atom stereocenters. The molecule has 23 heavy (non-hydrogen) atoms. The summed E-state index contributed by atoms with van der Waals surface area (Å²) in [6.45, 7) is 9.47. The summed E-state index contributed by atoms with van der Waals surface area (Å²) < 4.78 is 0. The van der Waals surface area contributed by atoms with Crippen molar-refractivity contribution in [1.29, 1.82) is 0 Å². The van der Waals surface area contributed by atoms with Crippen LogP contribution in [0.4, 0.5) is 0 Å². The number of hydrogen-bond acceptors (Lipinski definition) is 2. The van der Waals surface area contributed by atoms with E-state index in [0.717, 1.165) is 31.1 Å². The number of ketones is 1.